The van der Waals surface area contributed by atoms with Gasteiger partial charge in [-0.1, -0.05) is 13.3 Å². The molecule has 1 heteroatoms. The van der Waals surface area contributed by atoms with Crippen LogP contribution in [0.4, 0.5) is 0 Å². The standard InChI is InChI=1S/C7H15N/c1-6-2-3-7(4-6)5-8/h6-7H,2-5,8H2,1H3/t6-,7-/m1/s1. The monoisotopic (exact) mass is 113 g/mol. The SMILES string of the molecule is C[C@@H]1CC[C@@H](CN)C1. The van der Waals surface area contributed by atoms with E-state index in [9.17, 15) is 0 Å². The lowest BCUT2D eigenvalue weighted by Crippen LogP contribution is -2.10. The summed E-state index contributed by atoms with van der Waals surface area (Å²) in [7, 11) is 0. The zero-order valence-corrected chi connectivity index (χ0v) is 5.56. The van der Waals surface area contributed by atoms with E-state index in [0.29, 0.717) is 0 Å². The van der Waals surface area contributed by atoms with Gasteiger partial charge in [0, 0.05) is 0 Å². The molecule has 2 atom stereocenters. The smallest absolute Gasteiger partial charge is 0.00488 e. The molecule has 8 heavy (non-hydrogen) atoms. The molecule has 0 aromatic carbocycles. The first-order chi connectivity index (χ1) is 3.83. The molecule has 0 unspecified atom stereocenters. The van der Waals surface area contributed by atoms with Crippen LogP contribution in [0.25, 0.3) is 0 Å². The van der Waals surface area contributed by atoms with Gasteiger partial charge in [-0.15, -0.1) is 0 Å². The summed E-state index contributed by atoms with van der Waals surface area (Å²) in [6.45, 7) is 3.22. The van der Waals surface area contributed by atoms with Crippen LogP contribution in [0.5, 0.6) is 0 Å². The lowest BCUT2D eigenvalue weighted by Gasteiger charge is -2.02. The molecule has 1 aliphatic carbocycles. The Labute approximate surface area is 51.3 Å². The molecule has 1 rings (SSSR count). The minimum atomic E-state index is 0.852. The molecule has 0 spiro atoms. The Balaban J connectivity index is 2.22. The highest BCUT2D eigenvalue weighted by molar-refractivity contribution is 4.72. The first-order valence-electron chi connectivity index (χ1n) is 3.53. The van der Waals surface area contributed by atoms with Crippen LogP contribution in [0.2, 0.25) is 0 Å². The largest absolute Gasteiger partial charge is 0.330 e. The van der Waals surface area contributed by atoms with Crippen molar-refractivity contribution in [1.82, 2.24) is 0 Å². The van der Waals surface area contributed by atoms with Crippen molar-refractivity contribution in [2.45, 2.75) is 26.2 Å². The lowest BCUT2D eigenvalue weighted by atomic mass is 10.1. The third-order valence-electron chi connectivity index (χ3n) is 2.14. The van der Waals surface area contributed by atoms with Crippen molar-refractivity contribution in [2.24, 2.45) is 17.6 Å². The second-order valence-corrected chi connectivity index (χ2v) is 3.02. The zero-order chi connectivity index (χ0) is 5.98. The van der Waals surface area contributed by atoms with Gasteiger partial charge < -0.3 is 5.73 Å². The van der Waals surface area contributed by atoms with Crippen LogP contribution < -0.4 is 5.73 Å². The van der Waals surface area contributed by atoms with Gasteiger partial charge in [-0.05, 0) is 31.2 Å². The molecule has 0 aliphatic heterocycles. The van der Waals surface area contributed by atoms with Crippen molar-refractivity contribution in [3.05, 3.63) is 0 Å². The van der Waals surface area contributed by atoms with Gasteiger partial charge in [-0.3, -0.25) is 0 Å². The minimum Gasteiger partial charge on any atom is -0.330 e. The Bertz CT molecular complexity index is 70.8. The van der Waals surface area contributed by atoms with Crippen molar-refractivity contribution in [3.63, 3.8) is 0 Å². The molecule has 0 amide bonds. The molecule has 0 heterocycles. The molecule has 1 aliphatic rings. The van der Waals surface area contributed by atoms with Crippen LogP contribution in [-0.4, -0.2) is 6.54 Å². The van der Waals surface area contributed by atoms with Gasteiger partial charge in [-0.2, -0.15) is 0 Å². The van der Waals surface area contributed by atoms with Crippen LogP contribution in [0, 0.1) is 11.8 Å². The second-order valence-electron chi connectivity index (χ2n) is 3.02. The Morgan fingerprint density at radius 1 is 1.50 bits per heavy atom. The summed E-state index contributed by atoms with van der Waals surface area (Å²) in [6, 6.07) is 0. The third-order valence-corrected chi connectivity index (χ3v) is 2.14. The zero-order valence-electron chi connectivity index (χ0n) is 5.56. The predicted octanol–water partition coefficient (Wildman–Crippen LogP) is 1.38. The van der Waals surface area contributed by atoms with Crippen LogP contribution >= 0.6 is 0 Å². The highest BCUT2D eigenvalue weighted by Crippen LogP contribution is 2.28. The average molecular weight is 113 g/mol. The van der Waals surface area contributed by atoms with Crippen molar-refractivity contribution in [3.8, 4) is 0 Å². The van der Waals surface area contributed by atoms with Crippen molar-refractivity contribution < 1.29 is 0 Å². The van der Waals surface area contributed by atoms with Crippen LogP contribution in [-0.2, 0) is 0 Å². The maximum atomic E-state index is 5.50. The predicted molar refractivity (Wildman–Crippen MR) is 35.6 cm³/mol. The minimum absolute atomic E-state index is 0.852. The van der Waals surface area contributed by atoms with E-state index in [0.717, 1.165) is 18.4 Å². The number of hydrogen-bond acceptors (Lipinski definition) is 1. The van der Waals surface area contributed by atoms with Gasteiger partial charge in [0.05, 0.1) is 0 Å². The highest BCUT2D eigenvalue weighted by Gasteiger charge is 2.18. The van der Waals surface area contributed by atoms with Crippen molar-refractivity contribution >= 4 is 0 Å². The Morgan fingerprint density at radius 3 is 2.50 bits per heavy atom. The van der Waals surface area contributed by atoms with E-state index in [1.165, 1.54) is 19.3 Å². The van der Waals surface area contributed by atoms with E-state index >= 15 is 0 Å². The molecular formula is C7H15N. The summed E-state index contributed by atoms with van der Waals surface area (Å²) in [4.78, 5) is 0. The summed E-state index contributed by atoms with van der Waals surface area (Å²) in [5.74, 6) is 1.80. The van der Waals surface area contributed by atoms with E-state index in [1.54, 1.807) is 0 Å². The molecular weight excluding hydrogens is 98.1 g/mol. The van der Waals surface area contributed by atoms with Crippen molar-refractivity contribution in [1.29, 1.82) is 0 Å². The molecule has 0 bridgehead atoms. The molecule has 1 nitrogen and oxygen atoms in total. The molecule has 48 valence electrons. The van der Waals surface area contributed by atoms with E-state index in [4.69, 9.17) is 5.73 Å². The van der Waals surface area contributed by atoms with Gasteiger partial charge in [0.15, 0.2) is 0 Å². The number of nitrogens with two attached hydrogens (primary N) is 1. The molecule has 2 N–H and O–H groups in total. The maximum absolute atomic E-state index is 5.50. The molecule has 0 aromatic heterocycles. The van der Waals surface area contributed by atoms with Gasteiger partial charge in [0.25, 0.3) is 0 Å². The first kappa shape index (κ1) is 6.09. The lowest BCUT2D eigenvalue weighted by molar-refractivity contribution is 0.525. The summed E-state index contributed by atoms with van der Waals surface area (Å²) in [5.41, 5.74) is 5.50. The molecule has 0 saturated heterocycles. The topological polar surface area (TPSA) is 26.0 Å². The maximum Gasteiger partial charge on any atom is -0.00488 e. The molecule has 0 aromatic rings. The van der Waals surface area contributed by atoms with E-state index in [-0.39, 0.29) is 0 Å². The fraction of sp³-hybridized carbons (Fsp3) is 1.00. The fourth-order valence-corrected chi connectivity index (χ4v) is 1.54. The Kier molecular flexibility index (Phi) is 1.90. The number of hydrogen-bond donors (Lipinski definition) is 1. The fourth-order valence-electron chi connectivity index (χ4n) is 1.54. The molecule has 0 radical (unpaired) electrons. The van der Waals surface area contributed by atoms with Gasteiger partial charge in [0.2, 0.25) is 0 Å². The molecule has 1 saturated carbocycles. The first-order valence-corrected chi connectivity index (χ1v) is 3.53. The van der Waals surface area contributed by atoms with Crippen molar-refractivity contribution in [2.75, 3.05) is 6.54 Å². The number of rotatable bonds is 1. The highest BCUT2D eigenvalue weighted by atomic mass is 14.6. The van der Waals surface area contributed by atoms with Crippen LogP contribution in [0.15, 0.2) is 0 Å². The molecule has 1 fully saturated rings. The van der Waals surface area contributed by atoms with E-state index in [2.05, 4.69) is 6.92 Å². The van der Waals surface area contributed by atoms with E-state index < -0.39 is 0 Å². The van der Waals surface area contributed by atoms with E-state index in [1.807, 2.05) is 0 Å². The normalized spacial score (nSPS) is 38.2. The van der Waals surface area contributed by atoms with Gasteiger partial charge in [-0.25, -0.2) is 0 Å². The van der Waals surface area contributed by atoms with Gasteiger partial charge in [0.1, 0.15) is 0 Å². The van der Waals surface area contributed by atoms with Crippen LogP contribution in [0.3, 0.4) is 0 Å². The summed E-state index contributed by atoms with van der Waals surface area (Å²) in [5, 5.41) is 0. The Morgan fingerprint density at radius 2 is 2.25 bits per heavy atom. The summed E-state index contributed by atoms with van der Waals surface area (Å²) in [6.07, 6.45) is 4.15. The Hall–Kier alpha value is -0.0400. The average Bonchev–Trinajstić information content (AvgIpc) is 2.14. The van der Waals surface area contributed by atoms with Gasteiger partial charge >= 0.3 is 0 Å². The quantitative estimate of drug-likeness (QED) is 0.546. The second kappa shape index (κ2) is 2.49. The summed E-state index contributed by atoms with van der Waals surface area (Å²) >= 11 is 0. The van der Waals surface area contributed by atoms with Crippen LogP contribution in [0.1, 0.15) is 26.2 Å². The third kappa shape index (κ3) is 1.22. The summed E-state index contributed by atoms with van der Waals surface area (Å²) < 4.78 is 0.